The van der Waals surface area contributed by atoms with Crippen LogP contribution in [0.4, 0.5) is 0 Å². The van der Waals surface area contributed by atoms with Gasteiger partial charge in [0, 0.05) is 15.7 Å². The van der Waals surface area contributed by atoms with Gasteiger partial charge in [-0.2, -0.15) is 0 Å². The van der Waals surface area contributed by atoms with Crippen LogP contribution in [0, 0.1) is 5.92 Å². The van der Waals surface area contributed by atoms with E-state index >= 15 is 0 Å². The van der Waals surface area contributed by atoms with Gasteiger partial charge in [0.25, 0.3) is 0 Å². The summed E-state index contributed by atoms with van der Waals surface area (Å²) in [5.41, 5.74) is 0.517. The maximum Gasteiger partial charge on any atom is 0.340 e. The van der Waals surface area contributed by atoms with E-state index in [0.717, 1.165) is 35.4 Å². The molecule has 1 fully saturated rings. The zero-order valence-electron chi connectivity index (χ0n) is 13.4. The van der Waals surface area contributed by atoms with Gasteiger partial charge < -0.3 is 4.74 Å². The van der Waals surface area contributed by atoms with Crippen molar-refractivity contribution < 1.29 is 14.3 Å². The second-order valence-corrected chi connectivity index (χ2v) is 7.86. The highest BCUT2D eigenvalue weighted by Crippen LogP contribution is 2.27. The lowest BCUT2D eigenvalue weighted by Crippen LogP contribution is -2.24. The molecule has 24 heavy (non-hydrogen) atoms. The van der Waals surface area contributed by atoms with Gasteiger partial charge in [-0.1, -0.05) is 31.4 Å². The molecule has 3 nitrogen and oxygen atoms in total. The van der Waals surface area contributed by atoms with Crippen LogP contribution in [0.15, 0.2) is 35.0 Å². The molecule has 0 radical (unpaired) electrons. The number of esters is 1. The first-order valence-corrected chi connectivity index (χ1v) is 9.99. The number of ketones is 1. The van der Waals surface area contributed by atoms with Crippen LogP contribution >= 0.6 is 22.7 Å². The Labute approximate surface area is 150 Å². The van der Waals surface area contributed by atoms with Gasteiger partial charge in [0.05, 0.1) is 5.57 Å². The van der Waals surface area contributed by atoms with E-state index in [9.17, 15) is 9.59 Å². The van der Waals surface area contributed by atoms with Gasteiger partial charge in [-0.25, -0.2) is 4.79 Å². The number of Topliss-reactive ketones (excluding diaryl/α,β-unsaturated/α-hetero) is 1. The molecule has 2 aromatic heterocycles. The average Bonchev–Trinajstić information content (AvgIpc) is 3.31. The minimum Gasteiger partial charge on any atom is -0.454 e. The molecule has 0 saturated heterocycles. The molecule has 3 rings (SSSR count). The fraction of sp³-hybridized carbons (Fsp3) is 0.368. The summed E-state index contributed by atoms with van der Waals surface area (Å²) >= 11 is 3.06. The third kappa shape index (κ3) is 4.42. The van der Waals surface area contributed by atoms with Crippen molar-refractivity contribution in [2.45, 2.75) is 32.1 Å². The molecule has 1 aliphatic rings. The molecule has 0 atom stereocenters. The third-order valence-electron chi connectivity index (χ3n) is 4.24. The summed E-state index contributed by atoms with van der Waals surface area (Å²) in [6, 6.07) is 7.70. The highest BCUT2D eigenvalue weighted by atomic mass is 32.1. The molecular weight excluding hydrogens is 340 g/mol. The van der Waals surface area contributed by atoms with Gasteiger partial charge >= 0.3 is 5.97 Å². The Balaban J connectivity index is 1.67. The highest BCUT2D eigenvalue weighted by Gasteiger charge is 2.23. The van der Waals surface area contributed by atoms with Gasteiger partial charge in [-0.05, 0) is 41.8 Å². The summed E-state index contributed by atoms with van der Waals surface area (Å²) in [5.74, 6) is -0.294. The van der Waals surface area contributed by atoms with Crippen molar-refractivity contribution in [1.82, 2.24) is 0 Å². The SMILES string of the molecule is O=C(OCC(=O)C1CCCCC1)/C(=C/c1cccs1)c1cccs1. The molecule has 0 spiro atoms. The van der Waals surface area contributed by atoms with Crippen molar-refractivity contribution in [2.75, 3.05) is 6.61 Å². The quantitative estimate of drug-likeness (QED) is 0.535. The average molecular weight is 360 g/mol. The Hall–Kier alpha value is -1.72. The lowest BCUT2D eigenvalue weighted by atomic mass is 9.86. The van der Waals surface area contributed by atoms with Crippen molar-refractivity contribution in [3.05, 3.63) is 44.8 Å². The van der Waals surface area contributed by atoms with Gasteiger partial charge in [-0.3, -0.25) is 4.79 Å². The minimum atomic E-state index is -0.421. The predicted octanol–water partition coefficient (Wildman–Crippen LogP) is 5.04. The highest BCUT2D eigenvalue weighted by molar-refractivity contribution is 7.12. The first-order valence-electron chi connectivity index (χ1n) is 8.23. The number of hydrogen-bond donors (Lipinski definition) is 0. The summed E-state index contributed by atoms with van der Waals surface area (Å²) in [6.07, 6.45) is 7.10. The van der Waals surface area contributed by atoms with E-state index < -0.39 is 5.97 Å². The lowest BCUT2D eigenvalue weighted by molar-refractivity contribution is -0.143. The smallest absolute Gasteiger partial charge is 0.340 e. The topological polar surface area (TPSA) is 43.4 Å². The van der Waals surface area contributed by atoms with Crippen LogP contribution in [0.5, 0.6) is 0 Å². The van der Waals surface area contributed by atoms with Crippen LogP contribution in [0.25, 0.3) is 11.6 Å². The van der Waals surface area contributed by atoms with Crippen LogP contribution in [0.1, 0.15) is 41.9 Å². The summed E-state index contributed by atoms with van der Waals surface area (Å²) in [4.78, 5) is 26.6. The first-order chi connectivity index (χ1) is 11.7. The van der Waals surface area contributed by atoms with Gasteiger partial charge in [0.15, 0.2) is 12.4 Å². The molecule has 0 bridgehead atoms. The van der Waals surface area contributed by atoms with Gasteiger partial charge in [0.2, 0.25) is 0 Å². The van der Waals surface area contributed by atoms with Crippen LogP contribution in [-0.2, 0) is 14.3 Å². The van der Waals surface area contributed by atoms with Gasteiger partial charge in [0.1, 0.15) is 0 Å². The first kappa shape index (κ1) is 17.1. The number of rotatable bonds is 6. The van der Waals surface area contributed by atoms with Gasteiger partial charge in [-0.15, -0.1) is 22.7 Å². The standard InChI is InChI=1S/C19H20O3S2/c20-17(14-6-2-1-3-7-14)13-22-19(21)16(18-9-5-11-24-18)12-15-8-4-10-23-15/h4-5,8-12,14H,1-3,6-7,13H2/b16-12+. The van der Waals surface area contributed by atoms with E-state index in [1.807, 2.05) is 41.1 Å². The number of carbonyl (C=O) groups is 2. The van der Waals surface area contributed by atoms with Crippen LogP contribution in [0.2, 0.25) is 0 Å². The molecule has 0 unspecified atom stereocenters. The largest absolute Gasteiger partial charge is 0.454 e. The van der Waals surface area contributed by atoms with Crippen LogP contribution < -0.4 is 0 Å². The molecule has 126 valence electrons. The molecule has 0 N–H and O–H groups in total. The molecule has 1 saturated carbocycles. The van der Waals surface area contributed by atoms with Crippen molar-refractivity contribution in [1.29, 1.82) is 0 Å². The summed E-state index contributed by atoms with van der Waals surface area (Å²) < 4.78 is 5.35. The molecule has 2 heterocycles. The number of ether oxygens (including phenoxy) is 1. The zero-order chi connectivity index (χ0) is 16.8. The molecule has 0 aliphatic heterocycles. The summed E-state index contributed by atoms with van der Waals surface area (Å²) in [5, 5.41) is 3.90. The van der Waals surface area contributed by atoms with Crippen molar-refractivity contribution in [2.24, 2.45) is 5.92 Å². The van der Waals surface area contributed by atoms with Crippen molar-refractivity contribution >= 4 is 46.1 Å². The van der Waals surface area contributed by atoms with E-state index in [0.29, 0.717) is 5.57 Å². The Bertz CT molecular complexity index is 693. The lowest BCUT2D eigenvalue weighted by Gasteiger charge is -2.20. The minimum absolute atomic E-state index is 0.0599. The fourth-order valence-corrected chi connectivity index (χ4v) is 4.32. The Morgan fingerprint density at radius 2 is 1.83 bits per heavy atom. The van der Waals surface area contributed by atoms with E-state index in [1.165, 1.54) is 17.8 Å². The van der Waals surface area contributed by atoms with Crippen LogP contribution in [0.3, 0.4) is 0 Å². The molecule has 0 amide bonds. The van der Waals surface area contributed by atoms with E-state index in [2.05, 4.69) is 0 Å². The Morgan fingerprint density at radius 1 is 1.08 bits per heavy atom. The summed E-state index contributed by atoms with van der Waals surface area (Å²) in [6.45, 7) is -0.114. The fourth-order valence-electron chi connectivity index (χ4n) is 2.93. The number of hydrogen-bond acceptors (Lipinski definition) is 5. The molecule has 5 heteroatoms. The van der Waals surface area contributed by atoms with Crippen molar-refractivity contribution in [3.8, 4) is 0 Å². The molecular formula is C19H20O3S2. The second kappa shape index (κ2) is 8.40. The summed E-state index contributed by atoms with van der Waals surface area (Å²) in [7, 11) is 0. The predicted molar refractivity (Wildman–Crippen MR) is 99.1 cm³/mol. The normalized spacial score (nSPS) is 16.1. The maximum absolute atomic E-state index is 12.5. The molecule has 1 aliphatic carbocycles. The zero-order valence-corrected chi connectivity index (χ0v) is 15.0. The number of thiophene rings is 2. The Morgan fingerprint density at radius 3 is 2.50 bits per heavy atom. The van der Waals surface area contributed by atoms with Crippen LogP contribution in [-0.4, -0.2) is 18.4 Å². The maximum atomic E-state index is 12.5. The third-order valence-corrected chi connectivity index (χ3v) is 5.96. The van der Waals surface area contributed by atoms with E-state index in [1.54, 1.807) is 11.3 Å². The second-order valence-electron chi connectivity index (χ2n) is 5.93. The van der Waals surface area contributed by atoms with E-state index in [-0.39, 0.29) is 18.3 Å². The monoisotopic (exact) mass is 360 g/mol. The van der Waals surface area contributed by atoms with Crippen molar-refractivity contribution in [3.63, 3.8) is 0 Å². The Kier molecular flexibility index (Phi) is 5.99. The molecule has 0 aromatic carbocycles. The molecule has 2 aromatic rings. The van der Waals surface area contributed by atoms with E-state index in [4.69, 9.17) is 4.74 Å². The number of carbonyl (C=O) groups excluding carboxylic acids is 2.